The predicted octanol–water partition coefficient (Wildman–Crippen LogP) is 0.0522. The molecule has 4 heteroatoms. The van der Waals surface area contributed by atoms with Crippen LogP contribution >= 0.6 is 0 Å². The van der Waals surface area contributed by atoms with E-state index in [1.807, 2.05) is 0 Å². The van der Waals surface area contributed by atoms with Gasteiger partial charge in [0.2, 0.25) is 0 Å². The minimum atomic E-state index is -0.882. The number of aromatic nitrogens is 1. The molecular formula is C7H8N2O2. The summed E-state index contributed by atoms with van der Waals surface area (Å²) < 4.78 is 1.50. The van der Waals surface area contributed by atoms with Gasteiger partial charge in [-0.3, -0.25) is 4.79 Å². The van der Waals surface area contributed by atoms with E-state index < -0.39 is 5.97 Å². The van der Waals surface area contributed by atoms with Crippen molar-refractivity contribution in [3.05, 3.63) is 29.9 Å². The van der Waals surface area contributed by atoms with Crippen LogP contribution in [0.3, 0.4) is 0 Å². The van der Waals surface area contributed by atoms with E-state index in [1.54, 1.807) is 24.5 Å². The number of hydrogen-bond donors (Lipinski definition) is 2. The summed E-state index contributed by atoms with van der Waals surface area (Å²) in [5, 5.41) is 15.9. The fraction of sp³-hybridized carbons (Fsp3) is 0.143. The first-order valence-electron chi connectivity index (χ1n) is 3.11. The second kappa shape index (κ2) is 3.01. The number of nitrogens with one attached hydrogen (secondary N) is 1. The molecule has 0 aliphatic heterocycles. The summed E-state index contributed by atoms with van der Waals surface area (Å²) in [4.78, 5) is 10.2. The van der Waals surface area contributed by atoms with E-state index in [1.165, 1.54) is 4.57 Å². The molecular weight excluding hydrogens is 144 g/mol. The van der Waals surface area contributed by atoms with Gasteiger partial charge in [-0.2, -0.15) is 0 Å². The van der Waals surface area contributed by atoms with Crippen LogP contribution in [-0.4, -0.2) is 15.6 Å². The smallest absolute Gasteiger partial charge is 0.323 e. The average Bonchev–Trinajstić information content (AvgIpc) is 1.93. The van der Waals surface area contributed by atoms with Crippen molar-refractivity contribution in [2.45, 2.75) is 6.54 Å². The summed E-state index contributed by atoms with van der Waals surface area (Å²) in [6.45, 7) is -0.0553. The van der Waals surface area contributed by atoms with E-state index in [2.05, 4.69) is 0 Å². The van der Waals surface area contributed by atoms with Gasteiger partial charge in [0, 0.05) is 12.4 Å². The highest BCUT2D eigenvalue weighted by Crippen LogP contribution is 1.83. The molecule has 0 spiro atoms. The molecule has 1 aromatic rings. The summed E-state index contributed by atoms with van der Waals surface area (Å²) in [6.07, 6.45) is 3.13. The maximum Gasteiger partial charge on any atom is 0.323 e. The largest absolute Gasteiger partial charge is 0.480 e. The van der Waals surface area contributed by atoms with Crippen LogP contribution in [0.25, 0.3) is 0 Å². The molecule has 0 aromatic carbocycles. The van der Waals surface area contributed by atoms with Gasteiger partial charge in [0.05, 0.1) is 5.36 Å². The number of hydrogen-bond acceptors (Lipinski definition) is 2. The number of rotatable bonds is 2. The standard InChI is InChI=1S/C7H8N2O2/c8-6-1-3-9(4-2-6)5-7(10)11/h1-4,8H,5H2,(H,10,11). The Morgan fingerprint density at radius 2 is 2.09 bits per heavy atom. The highest BCUT2D eigenvalue weighted by atomic mass is 16.4. The Kier molecular flexibility index (Phi) is 2.06. The van der Waals surface area contributed by atoms with E-state index in [0.717, 1.165) is 0 Å². The highest BCUT2D eigenvalue weighted by Gasteiger charge is 1.94. The van der Waals surface area contributed by atoms with Gasteiger partial charge in [-0.25, -0.2) is 0 Å². The molecule has 2 N–H and O–H groups in total. The zero-order chi connectivity index (χ0) is 8.27. The van der Waals surface area contributed by atoms with Crippen LogP contribution in [0.2, 0.25) is 0 Å². The van der Waals surface area contributed by atoms with Crippen LogP contribution in [0, 0.1) is 5.41 Å². The molecule has 0 saturated heterocycles. The fourth-order valence-corrected chi connectivity index (χ4v) is 0.719. The van der Waals surface area contributed by atoms with Gasteiger partial charge >= 0.3 is 5.97 Å². The Morgan fingerprint density at radius 1 is 1.55 bits per heavy atom. The molecule has 0 atom stereocenters. The Balaban J connectivity index is 2.82. The number of carbonyl (C=O) groups is 1. The van der Waals surface area contributed by atoms with E-state index in [0.29, 0.717) is 5.36 Å². The fourth-order valence-electron chi connectivity index (χ4n) is 0.719. The molecule has 0 aliphatic rings. The molecule has 1 rings (SSSR count). The molecule has 11 heavy (non-hydrogen) atoms. The van der Waals surface area contributed by atoms with E-state index in [9.17, 15) is 4.79 Å². The van der Waals surface area contributed by atoms with Crippen LogP contribution in [0.1, 0.15) is 0 Å². The zero-order valence-corrected chi connectivity index (χ0v) is 5.82. The molecule has 0 aliphatic carbocycles. The summed E-state index contributed by atoms with van der Waals surface area (Å²) in [5.41, 5.74) is 0. The molecule has 0 amide bonds. The molecule has 4 nitrogen and oxygen atoms in total. The Bertz CT molecular complexity index is 296. The van der Waals surface area contributed by atoms with Crippen LogP contribution in [0.5, 0.6) is 0 Å². The lowest BCUT2D eigenvalue weighted by atomic mass is 10.4. The third-order valence-corrected chi connectivity index (χ3v) is 1.21. The molecule has 0 radical (unpaired) electrons. The second-order valence-electron chi connectivity index (χ2n) is 2.15. The number of nitrogens with zero attached hydrogens (tertiary/aromatic N) is 1. The number of pyridine rings is 1. The first-order chi connectivity index (χ1) is 5.18. The van der Waals surface area contributed by atoms with Crippen LogP contribution < -0.4 is 5.36 Å². The van der Waals surface area contributed by atoms with Crippen molar-refractivity contribution in [1.29, 1.82) is 5.41 Å². The second-order valence-corrected chi connectivity index (χ2v) is 2.15. The van der Waals surface area contributed by atoms with Crippen LogP contribution in [-0.2, 0) is 11.3 Å². The van der Waals surface area contributed by atoms with Gasteiger partial charge in [-0.1, -0.05) is 0 Å². The maximum absolute atomic E-state index is 10.2. The van der Waals surface area contributed by atoms with Crippen LogP contribution in [0.4, 0.5) is 0 Å². The van der Waals surface area contributed by atoms with Gasteiger partial charge in [-0.05, 0) is 12.1 Å². The van der Waals surface area contributed by atoms with Gasteiger partial charge in [-0.15, -0.1) is 0 Å². The first-order valence-corrected chi connectivity index (χ1v) is 3.11. The van der Waals surface area contributed by atoms with Crippen molar-refractivity contribution in [3.63, 3.8) is 0 Å². The highest BCUT2D eigenvalue weighted by molar-refractivity contribution is 5.66. The van der Waals surface area contributed by atoms with Crippen molar-refractivity contribution in [1.82, 2.24) is 4.57 Å². The Hall–Kier alpha value is -1.58. The molecule has 0 bridgehead atoms. The van der Waals surface area contributed by atoms with Crippen molar-refractivity contribution in [2.24, 2.45) is 0 Å². The summed E-state index contributed by atoms with van der Waals surface area (Å²) >= 11 is 0. The zero-order valence-electron chi connectivity index (χ0n) is 5.82. The number of aliphatic carboxylic acids is 1. The maximum atomic E-state index is 10.2. The van der Waals surface area contributed by atoms with E-state index in [4.69, 9.17) is 10.5 Å². The quantitative estimate of drug-likeness (QED) is 0.628. The lowest BCUT2D eigenvalue weighted by molar-refractivity contribution is -0.137. The Labute approximate surface area is 63.2 Å². The third kappa shape index (κ3) is 2.25. The normalized spacial score (nSPS) is 9.45. The van der Waals surface area contributed by atoms with Gasteiger partial charge in [0.25, 0.3) is 0 Å². The minimum absolute atomic E-state index is 0.0553. The molecule has 0 fully saturated rings. The number of carboxylic acid groups (broad SMARTS) is 1. The lowest BCUT2D eigenvalue weighted by Crippen LogP contribution is -2.10. The summed E-state index contributed by atoms with van der Waals surface area (Å²) in [5.74, 6) is -0.882. The Morgan fingerprint density at radius 3 is 2.55 bits per heavy atom. The third-order valence-electron chi connectivity index (χ3n) is 1.21. The van der Waals surface area contributed by atoms with Crippen molar-refractivity contribution in [2.75, 3.05) is 0 Å². The summed E-state index contributed by atoms with van der Waals surface area (Å²) in [6, 6.07) is 3.09. The van der Waals surface area contributed by atoms with Crippen LogP contribution in [0.15, 0.2) is 24.5 Å². The van der Waals surface area contributed by atoms with Crippen molar-refractivity contribution >= 4 is 5.97 Å². The monoisotopic (exact) mass is 152 g/mol. The van der Waals surface area contributed by atoms with E-state index in [-0.39, 0.29) is 6.54 Å². The topological polar surface area (TPSA) is 66.1 Å². The minimum Gasteiger partial charge on any atom is -0.480 e. The summed E-state index contributed by atoms with van der Waals surface area (Å²) in [7, 11) is 0. The molecule has 0 saturated carbocycles. The average molecular weight is 152 g/mol. The molecule has 1 aromatic heterocycles. The lowest BCUT2D eigenvalue weighted by Gasteiger charge is -1.99. The predicted molar refractivity (Wildman–Crippen MR) is 37.9 cm³/mol. The first kappa shape index (κ1) is 7.53. The van der Waals surface area contributed by atoms with Gasteiger partial charge in [0.15, 0.2) is 0 Å². The van der Waals surface area contributed by atoms with E-state index >= 15 is 0 Å². The molecule has 58 valence electrons. The molecule has 1 heterocycles. The van der Waals surface area contributed by atoms with Gasteiger partial charge < -0.3 is 15.1 Å². The number of carboxylic acids is 1. The van der Waals surface area contributed by atoms with Crippen molar-refractivity contribution < 1.29 is 9.90 Å². The molecule has 0 unspecified atom stereocenters. The van der Waals surface area contributed by atoms with Gasteiger partial charge in [0.1, 0.15) is 6.54 Å². The van der Waals surface area contributed by atoms with Crippen molar-refractivity contribution in [3.8, 4) is 0 Å². The SMILES string of the molecule is N=c1ccn(CC(=O)O)cc1.